The van der Waals surface area contributed by atoms with Crippen LogP contribution in [0.3, 0.4) is 0 Å². The number of aromatic nitrogens is 3. The summed E-state index contributed by atoms with van der Waals surface area (Å²) in [4.78, 5) is 24.8. The van der Waals surface area contributed by atoms with Crippen molar-refractivity contribution in [1.82, 2.24) is 20.3 Å². The smallest absolute Gasteiger partial charge is 0.258 e. The molecule has 0 fully saturated rings. The maximum atomic E-state index is 13.8. The Labute approximate surface area is 166 Å². The van der Waals surface area contributed by atoms with Crippen molar-refractivity contribution < 1.29 is 18.7 Å². The standard InChI is InChI=1S/C20H20FN5O3/c1-11(15-9-12(21)6-7-13(15)18(27)23-2)29-20-17(22)25-10-16(26-20)14-5-4-8-24-19(14)28-3/h4-11H,1-3H3,(H2,22,25)(H,23,27)/t11-/m1/s1. The first-order chi connectivity index (χ1) is 13.9. The molecule has 3 rings (SSSR count). The van der Waals surface area contributed by atoms with Crippen LogP contribution in [-0.4, -0.2) is 35.0 Å². The van der Waals surface area contributed by atoms with E-state index in [1.54, 1.807) is 25.3 Å². The van der Waals surface area contributed by atoms with Gasteiger partial charge in [-0.2, -0.15) is 0 Å². The molecule has 3 N–H and O–H groups in total. The Morgan fingerprint density at radius 3 is 2.76 bits per heavy atom. The van der Waals surface area contributed by atoms with Gasteiger partial charge in [0.05, 0.1) is 24.6 Å². The number of hydrogen-bond donors (Lipinski definition) is 2. The number of rotatable bonds is 6. The Balaban J connectivity index is 1.97. The number of halogens is 1. The van der Waals surface area contributed by atoms with Gasteiger partial charge in [0.2, 0.25) is 5.88 Å². The quantitative estimate of drug-likeness (QED) is 0.658. The van der Waals surface area contributed by atoms with Gasteiger partial charge in [-0.3, -0.25) is 4.79 Å². The van der Waals surface area contributed by atoms with E-state index in [-0.39, 0.29) is 23.2 Å². The zero-order valence-corrected chi connectivity index (χ0v) is 16.1. The van der Waals surface area contributed by atoms with Crippen molar-refractivity contribution >= 4 is 11.7 Å². The zero-order valence-electron chi connectivity index (χ0n) is 16.1. The second-order valence-corrected chi connectivity index (χ2v) is 6.08. The van der Waals surface area contributed by atoms with Gasteiger partial charge < -0.3 is 20.5 Å². The van der Waals surface area contributed by atoms with Crippen molar-refractivity contribution in [3.63, 3.8) is 0 Å². The van der Waals surface area contributed by atoms with Crippen LogP contribution < -0.4 is 20.5 Å². The molecule has 0 saturated carbocycles. The fourth-order valence-electron chi connectivity index (χ4n) is 2.79. The van der Waals surface area contributed by atoms with E-state index in [4.69, 9.17) is 15.2 Å². The topological polar surface area (TPSA) is 112 Å². The maximum Gasteiger partial charge on any atom is 0.258 e. The van der Waals surface area contributed by atoms with Crippen molar-refractivity contribution in [3.8, 4) is 23.0 Å². The highest BCUT2D eigenvalue weighted by Crippen LogP contribution is 2.31. The summed E-state index contributed by atoms with van der Waals surface area (Å²) in [6.45, 7) is 1.67. The molecule has 8 nitrogen and oxygen atoms in total. The number of nitrogen functional groups attached to an aromatic ring is 1. The average Bonchev–Trinajstić information content (AvgIpc) is 2.74. The summed E-state index contributed by atoms with van der Waals surface area (Å²) in [5.74, 6) is -0.369. The van der Waals surface area contributed by atoms with Crippen molar-refractivity contribution in [2.75, 3.05) is 19.9 Å². The molecule has 0 radical (unpaired) electrons. The second kappa shape index (κ2) is 8.51. The van der Waals surface area contributed by atoms with Gasteiger partial charge in [-0.25, -0.2) is 19.3 Å². The first-order valence-corrected chi connectivity index (χ1v) is 8.74. The van der Waals surface area contributed by atoms with Gasteiger partial charge in [0.15, 0.2) is 5.82 Å². The number of nitrogens with zero attached hydrogens (tertiary/aromatic N) is 3. The average molecular weight is 397 g/mol. The van der Waals surface area contributed by atoms with E-state index in [0.717, 1.165) is 0 Å². The molecule has 0 spiro atoms. The van der Waals surface area contributed by atoms with Gasteiger partial charge >= 0.3 is 0 Å². The molecule has 0 saturated heterocycles. The van der Waals surface area contributed by atoms with Crippen LogP contribution in [0.25, 0.3) is 11.3 Å². The number of benzene rings is 1. The summed E-state index contributed by atoms with van der Waals surface area (Å²) < 4.78 is 24.9. The van der Waals surface area contributed by atoms with Crippen LogP contribution in [0.1, 0.15) is 28.9 Å². The van der Waals surface area contributed by atoms with E-state index in [9.17, 15) is 9.18 Å². The van der Waals surface area contributed by atoms with Gasteiger partial charge in [0.25, 0.3) is 11.8 Å². The monoisotopic (exact) mass is 397 g/mol. The third-order valence-corrected chi connectivity index (χ3v) is 4.22. The predicted molar refractivity (Wildman–Crippen MR) is 105 cm³/mol. The molecular weight excluding hydrogens is 377 g/mol. The summed E-state index contributed by atoms with van der Waals surface area (Å²) in [7, 11) is 3.00. The van der Waals surface area contributed by atoms with Gasteiger partial charge in [-0.05, 0) is 37.3 Å². The van der Waals surface area contributed by atoms with E-state index in [2.05, 4.69) is 20.3 Å². The fourth-order valence-corrected chi connectivity index (χ4v) is 2.79. The molecule has 29 heavy (non-hydrogen) atoms. The molecule has 150 valence electrons. The van der Waals surface area contributed by atoms with E-state index in [1.807, 2.05) is 0 Å². The summed E-state index contributed by atoms with van der Waals surface area (Å²) in [6.07, 6.45) is 2.35. The number of nitrogens with one attached hydrogen (secondary N) is 1. The third-order valence-electron chi connectivity index (χ3n) is 4.22. The van der Waals surface area contributed by atoms with Crippen LogP contribution in [0, 0.1) is 5.82 Å². The Morgan fingerprint density at radius 2 is 2.03 bits per heavy atom. The molecule has 0 unspecified atom stereocenters. The van der Waals surface area contributed by atoms with Crippen LogP contribution in [-0.2, 0) is 0 Å². The lowest BCUT2D eigenvalue weighted by atomic mass is 10.0. The molecule has 0 aliphatic carbocycles. The SMILES string of the molecule is CNC(=O)c1ccc(F)cc1[C@@H](C)Oc1nc(-c2cccnc2OC)cnc1N. The minimum absolute atomic E-state index is 0.0491. The van der Waals surface area contributed by atoms with Crippen LogP contribution >= 0.6 is 0 Å². The normalized spacial score (nSPS) is 11.6. The summed E-state index contributed by atoms with van der Waals surface area (Å²) in [5.41, 5.74) is 7.62. The summed E-state index contributed by atoms with van der Waals surface area (Å²) in [5, 5.41) is 2.52. The molecule has 2 heterocycles. The minimum atomic E-state index is -0.722. The van der Waals surface area contributed by atoms with Crippen LogP contribution in [0.5, 0.6) is 11.8 Å². The molecule has 0 aliphatic rings. The van der Waals surface area contributed by atoms with Gasteiger partial charge in [-0.15, -0.1) is 0 Å². The number of carbonyl (C=O) groups excluding carboxylic acids is 1. The highest BCUT2D eigenvalue weighted by Gasteiger charge is 2.20. The lowest BCUT2D eigenvalue weighted by Crippen LogP contribution is -2.21. The molecule has 2 aromatic heterocycles. The van der Waals surface area contributed by atoms with Gasteiger partial charge in [0.1, 0.15) is 11.9 Å². The first-order valence-electron chi connectivity index (χ1n) is 8.74. The predicted octanol–water partition coefficient (Wildman–Crippen LogP) is 2.77. The third kappa shape index (κ3) is 4.23. The summed E-state index contributed by atoms with van der Waals surface area (Å²) in [6, 6.07) is 7.36. The van der Waals surface area contributed by atoms with Gasteiger partial charge in [0, 0.05) is 24.4 Å². The second-order valence-electron chi connectivity index (χ2n) is 6.08. The summed E-state index contributed by atoms with van der Waals surface area (Å²) >= 11 is 0. The number of anilines is 1. The molecule has 1 aromatic carbocycles. The van der Waals surface area contributed by atoms with E-state index in [0.29, 0.717) is 22.7 Å². The number of carbonyl (C=O) groups is 1. The van der Waals surface area contributed by atoms with Crippen molar-refractivity contribution in [2.45, 2.75) is 13.0 Å². The highest BCUT2D eigenvalue weighted by atomic mass is 19.1. The minimum Gasteiger partial charge on any atom is -0.481 e. The molecule has 9 heteroatoms. The van der Waals surface area contributed by atoms with Crippen molar-refractivity contribution in [1.29, 1.82) is 0 Å². The highest BCUT2D eigenvalue weighted by molar-refractivity contribution is 5.95. The molecule has 3 aromatic rings. The molecule has 0 aliphatic heterocycles. The lowest BCUT2D eigenvalue weighted by Gasteiger charge is -2.18. The Kier molecular flexibility index (Phi) is 5.87. The number of methoxy groups -OCH3 is 1. The molecule has 0 bridgehead atoms. The first kappa shape index (κ1) is 20.0. The largest absolute Gasteiger partial charge is 0.481 e. The molecular formula is C20H20FN5O3. The number of ether oxygens (including phenoxy) is 2. The fraction of sp³-hybridized carbons (Fsp3) is 0.200. The van der Waals surface area contributed by atoms with E-state index >= 15 is 0 Å². The lowest BCUT2D eigenvalue weighted by molar-refractivity contribution is 0.0958. The molecule has 1 amide bonds. The number of pyridine rings is 1. The molecule has 1 atom stereocenters. The maximum absolute atomic E-state index is 13.8. The van der Waals surface area contributed by atoms with Gasteiger partial charge in [-0.1, -0.05) is 0 Å². The van der Waals surface area contributed by atoms with E-state index in [1.165, 1.54) is 38.6 Å². The van der Waals surface area contributed by atoms with Crippen molar-refractivity contribution in [2.24, 2.45) is 0 Å². The van der Waals surface area contributed by atoms with E-state index < -0.39 is 11.9 Å². The number of amides is 1. The van der Waals surface area contributed by atoms with Crippen molar-refractivity contribution in [3.05, 3.63) is 59.7 Å². The van der Waals surface area contributed by atoms with Crippen LogP contribution in [0.15, 0.2) is 42.7 Å². The Bertz CT molecular complexity index is 1040. The van der Waals surface area contributed by atoms with Crippen LogP contribution in [0.2, 0.25) is 0 Å². The Hall–Kier alpha value is -3.75. The number of hydrogen-bond acceptors (Lipinski definition) is 7. The number of nitrogens with two attached hydrogens (primary N) is 1. The Morgan fingerprint density at radius 1 is 1.24 bits per heavy atom. The van der Waals surface area contributed by atoms with Crippen LogP contribution in [0.4, 0.5) is 10.2 Å². The zero-order chi connectivity index (χ0) is 21.0.